The number of nitrogens with zero attached hydrogens (tertiary/aromatic N) is 1. The number of amides is 1. The first-order valence-electron chi connectivity index (χ1n) is 9.09. The highest BCUT2D eigenvalue weighted by atomic mass is 35.5. The first kappa shape index (κ1) is 21.7. The molecule has 1 N–H and O–H groups in total. The molecule has 0 aliphatic heterocycles. The van der Waals surface area contributed by atoms with E-state index in [1.54, 1.807) is 49.4 Å². The summed E-state index contributed by atoms with van der Waals surface area (Å²) in [5, 5.41) is 3.13. The molecule has 0 atom stereocenters. The minimum Gasteiger partial charge on any atom is -0.457 e. The molecular weight excluding hydrogens is 424 g/mol. The second-order valence-electron chi connectivity index (χ2n) is 6.64. The molecule has 0 spiro atoms. The molecule has 156 valence electrons. The third-order valence-electron chi connectivity index (χ3n) is 4.31. The third-order valence-corrected chi connectivity index (χ3v) is 5.85. The smallest absolute Gasteiger partial charge is 0.245 e. The molecular formula is C22H21ClN2O4S. The lowest BCUT2D eigenvalue weighted by atomic mass is 10.2. The summed E-state index contributed by atoms with van der Waals surface area (Å²) in [6, 6.07) is 21.1. The van der Waals surface area contributed by atoms with Gasteiger partial charge in [0.25, 0.3) is 0 Å². The van der Waals surface area contributed by atoms with Gasteiger partial charge in [-0.3, -0.25) is 9.10 Å². The molecule has 0 radical (unpaired) electrons. The summed E-state index contributed by atoms with van der Waals surface area (Å²) in [7, 11) is -3.69. The van der Waals surface area contributed by atoms with Gasteiger partial charge in [-0.25, -0.2) is 8.42 Å². The lowest BCUT2D eigenvalue weighted by molar-refractivity contribution is -0.114. The Bertz CT molecular complexity index is 1130. The van der Waals surface area contributed by atoms with Crippen LogP contribution in [0.15, 0.2) is 72.8 Å². The predicted octanol–water partition coefficient (Wildman–Crippen LogP) is 4.85. The minimum atomic E-state index is -3.69. The summed E-state index contributed by atoms with van der Waals surface area (Å²) in [6.45, 7) is 1.33. The predicted molar refractivity (Wildman–Crippen MR) is 120 cm³/mol. The maximum Gasteiger partial charge on any atom is 0.245 e. The van der Waals surface area contributed by atoms with Gasteiger partial charge in [-0.05, 0) is 61.0 Å². The number of halogens is 1. The zero-order valence-electron chi connectivity index (χ0n) is 16.5. The normalized spacial score (nSPS) is 11.0. The molecule has 6 nitrogen and oxygen atoms in total. The topological polar surface area (TPSA) is 75.7 Å². The van der Waals surface area contributed by atoms with Crippen molar-refractivity contribution in [1.29, 1.82) is 0 Å². The van der Waals surface area contributed by atoms with Gasteiger partial charge in [0.05, 0.1) is 11.9 Å². The lowest BCUT2D eigenvalue weighted by Gasteiger charge is -2.24. The monoisotopic (exact) mass is 444 g/mol. The molecule has 8 heteroatoms. The van der Waals surface area contributed by atoms with Crippen molar-refractivity contribution in [3.63, 3.8) is 0 Å². The van der Waals surface area contributed by atoms with Crippen LogP contribution < -0.4 is 14.4 Å². The molecule has 3 rings (SSSR count). The summed E-state index contributed by atoms with van der Waals surface area (Å²) in [6.07, 6.45) is 1.05. The van der Waals surface area contributed by atoms with Crippen LogP contribution in [0.2, 0.25) is 5.02 Å². The van der Waals surface area contributed by atoms with Crippen molar-refractivity contribution in [1.82, 2.24) is 0 Å². The third kappa shape index (κ3) is 5.52. The van der Waals surface area contributed by atoms with Crippen LogP contribution in [0.4, 0.5) is 11.4 Å². The van der Waals surface area contributed by atoms with Crippen molar-refractivity contribution in [3.8, 4) is 11.5 Å². The number of hydrogen-bond donors (Lipinski definition) is 1. The molecule has 0 saturated heterocycles. The Labute approximate surface area is 181 Å². The van der Waals surface area contributed by atoms with Crippen LogP contribution in [0.3, 0.4) is 0 Å². The van der Waals surface area contributed by atoms with E-state index in [2.05, 4.69) is 5.32 Å². The fraction of sp³-hybridized carbons (Fsp3) is 0.136. The molecule has 0 aliphatic carbocycles. The van der Waals surface area contributed by atoms with Crippen molar-refractivity contribution in [2.75, 3.05) is 22.4 Å². The molecule has 0 bridgehead atoms. The average molecular weight is 445 g/mol. The molecule has 0 unspecified atom stereocenters. The highest BCUT2D eigenvalue weighted by molar-refractivity contribution is 7.92. The van der Waals surface area contributed by atoms with Crippen LogP contribution in [0, 0.1) is 6.92 Å². The maximum absolute atomic E-state index is 12.5. The van der Waals surface area contributed by atoms with E-state index in [9.17, 15) is 13.2 Å². The molecule has 3 aromatic rings. The molecule has 0 saturated carbocycles. The van der Waals surface area contributed by atoms with E-state index >= 15 is 0 Å². The van der Waals surface area contributed by atoms with Crippen molar-refractivity contribution in [3.05, 3.63) is 83.4 Å². The second-order valence-corrected chi connectivity index (χ2v) is 8.96. The van der Waals surface area contributed by atoms with E-state index in [4.69, 9.17) is 16.3 Å². The fourth-order valence-electron chi connectivity index (χ4n) is 2.81. The summed E-state index contributed by atoms with van der Waals surface area (Å²) >= 11 is 6.11. The number of hydrogen-bond acceptors (Lipinski definition) is 4. The molecule has 30 heavy (non-hydrogen) atoms. The highest BCUT2D eigenvalue weighted by Gasteiger charge is 2.23. The average Bonchev–Trinajstić information content (AvgIpc) is 2.70. The Balaban J connectivity index is 1.70. The summed E-state index contributed by atoms with van der Waals surface area (Å²) < 4.78 is 31.3. The lowest BCUT2D eigenvalue weighted by Crippen LogP contribution is -2.37. The van der Waals surface area contributed by atoms with Crippen LogP contribution in [-0.2, 0) is 14.8 Å². The van der Waals surface area contributed by atoms with Crippen LogP contribution >= 0.6 is 11.6 Å². The minimum absolute atomic E-state index is 0.367. The highest BCUT2D eigenvalue weighted by Crippen LogP contribution is 2.28. The van der Waals surface area contributed by atoms with Crippen molar-refractivity contribution < 1.29 is 17.9 Å². The second kappa shape index (κ2) is 9.19. The number of ether oxygens (including phenoxy) is 1. The molecule has 0 aliphatic rings. The maximum atomic E-state index is 12.5. The van der Waals surface area contributed by atoms with Crippen molar-refractivity contribution in [2.45, 2.75) is 6.92 Å². The Morgan fingerprint density at radius 1 is 0.967 bits per heavy atom. The van der Waals surface area contributed by atoms with Crippen molar-refractivity contribution >= 4 is 38.9 Å². The van der Waals surface area contributed by atoms with Gasteiger partial charge in [0, 0.05) is 10.7 Å². The Morgan fingerprint density at radius 2 is 1.60 bits per heavy atom. The first-order valence-corrected chi connectivity index (χ1v) is 11.3. The zero-order valence-corrected chi connectivity index (χ0v) is 18.1. The molecule has 1 amide bonds. The molecule has 0 heterocycles. The van der Waals surface area contributed by atoms with E-state index < -0.39 is 15.9 Å². The van der Waals surface area contributed by atoms with Gasteiger partial charge in [0.15, 0.2) is 0 Å². The van der Waals surface area contributed by atoms with E-state index in [1.807, 2.05) is 30.3 Å². The van der Waals surface area contributed by atoms with Gasteiger partial charge < -0.3 is 10.1 Å². The standard InChI is InChI=1S/C22H21ClN2O4S/c1-16-20(23)9-6-10-21(16)25(30(2,27)28)15-22(26)24-17-11-13-19(14-12-17)29-18-7-4-3-5-8-18/h3-14H,15H2,1-2H3,(H,24,26). The van der Waals surface area contributed by atoms with Gasteiger partial charge in [0.1, 0.15) is 18.0 Å². The number of carbonyl (C=O) groups is 1. The van der Waals surface area contributed by atoms with Crippen LogP contribution in [0.25, 0.3) is 0 Å². The van der Waals surface area contributed by atoms with Gasteiger partial charge in [-0.1, -0.05) is 35.9 Å². The quantitative estimate of drug-likeness (QED) is 0.565. The van der Waals surface area contributed by atoms with Crippen LogP contribution in [0.1, 0.15) is 5.56 Å². The Kier molecular flexibility index (Phi) is 6.64. The van der Waals surface area contributed by atoms with Crippen molar-refractivity contribution in [2.24, 2.45) is 0 Å². The van der Waals surface area contributed by atoms with E-state index in [-0.39, 0.29) is 6.54 Å². The number of nitrogens with one attached hydrogen (secondary N) is 1. The molecule has 3 aromatic carbocycles. The summed E-state index contributed by atoms with van der Waals surface area (Å²) in [5.41, 5.74) is 1.48. The van der Waals surface area contributed by atoms with Gasteiger partial charge in [0.2, 0.25) is 15.9 Å². The SMILES string of the molecule is Cc1c(Cl)cccc1N(CC(=O)Nc1ccc(Oc2ccccc2)cc1)S(C)(=O)=O. The van der Waals surface area contributed by atoms with Gasteiger partial charge in [-0.15, -0.1) is 0 Å². The number of para-hydroxylation sites is 1. The molecule has 0 aromatic heterocycles. The van der Waals surface area contributed by atoms with E-state index in [0.29, 0.717) is 33.5 Å². The largest absolute Gasteiger partial charge is 0.457 e. The van der Waals surface area contributed by atoms with Gasteiger partial charge >= 0.3 is 0 Å². The van der Waals surface area contributed by atoms with Crippen LogP contribution in [0.5, 0.6) is 11.5 Å². The number of benzene rings is 3. The van der Waals surface area contributed by atoms with E-state index in [0.717, 1.165) is 10.6 Å². The fourth-order valence-corrected chi connectivity index (χ4v) is 3.89. The number of carbonyl (C=O) groups excluding carboxylic acids is 1. The van der Waals surface area contributed by atoms with Crippen LogP contribution in [-0.4, -0.2) is 27.1 Å². The number of anilines is 2. The Morgan fingerprint density at radius 3 is 2.23 bits per heavy atom. The summed E-state index contributed by atoms with van der Waals surface area (Å²) in [4.78, 5) is 12.5. The van der Waals surface area contributed by atoms with E-state index in [1.165, 1.54) is 0 Å². The number of sulfonamides is 1. The Hall–Kier alpha value is -3.03. The summed E-state index contributed by atoms with van der Waals surface area (Å²) in [5.74, 6) is 0.845. The number of rotatable bonds is 7. The van der Waals surface area contributed by atoms with Gasteiger partial charge in [-0.2, -0.15) is 0 Å². The zero-order chi connectivity index (χ0) is 21.7. The first-order chi connectivity index (χ1) is 14.2. The molecule has 0 fully saturated rings.